The Bertz CT molecular complexity index is 466. The second kappa shape index (κ2) is 6.84. The van der Waals surface area contributed by atoms with Crippen molar-refractivity contribution in [3.63, 3.8) is 0 Å². The minimum Gasteiger partial charge on any atom is -0.326 e. The van der Waals surface area contributed by atoms with Crippen molar-refractivity contribution in [2.45, 2.75) is 47.1 Å². The van der Waals surface area contributed by atoms with E-state index >= 15 is 0 Å². The van der Waals surface area contributed by atoms with E-state index in [4.69, 9.17) is 5.73 Å². The first-order chi connectivity index (χ1) is 9.21. The van der Waals surface area contributed by atoms with Gasteiger partial charge < -0.3 is 11.1 Å². The number of carbonyl (C=O) groups is 1. The zero-order chi connectivity index (χ0) is 15.3. The van der Waals surface area contributed by atoms with E-state index in [9.17, 15) is 9.18 Å². The Hall–Kier alpha value is -1.42. The van der Waals surface area contributed by atoms with Crippen LogP contribution in [0, 0.1) is 17.2 Å². The van der Waals surface area contributed by atoms with Gasteiger partial charge in [-0.05, 0) is 35.4 Å². The monoisotopic (exact) mass is 280 g/mol. The van der Waals surface area contributed by atoms with E-state index in [-0.39, 0.29) is 29.5 Å². The van der Waals surface area contributed by atoms with Crippen LogP contribution in [0.5, 0.6) is 0 Å². The Morgan fingerprint density at radius 3 is 2.55 bits per heavy atom. The molecule has 0 bridgehead atoms. The lowest BCUT2D eigenvalue weighted by Crippen LogP contribution is -2.19. The first-order valence-corrected chi connectivity index (χ1v) is 6.99. The Kier molecular flexibility index (Phi) is 5.69. The number of halogens is 1. The molecule has 20 heavy (non-hydrogen) atoms. The molecular formula is C16H25FN2O. The fourth-order valence-electron chi connectivity index (χ4n) is 2.42. The Labute approximate surface area is 120 Å². The summed E-state index contributed by atoms with van der Waals surface area (Å²) in [4.78, 5) is 11.9. The van der Waals surface area contributed by atoms with Crippen molar-refractivity contribution < 1.29 is 9.18 Å². The van der Waals surface area contributed by atoms with Crippen molar-refractivity contribution in [2.75, 3.05) is 5.32 Å². The SMILES string of the molecule is CC(CC(=O)Nc1ccc(CN)cc1F)CC(C)(C)C. The van der Waals surface area contributed by atoms with Crippen molar-refractivity contribution in [1.82, 2.24) is 0 Å². The summed E-state index contributed by atoms with van der Waals surface area (Å²) in [5.41, 5.74) is 6.56. The molecule has 0 saturated carbocycles. The third-order valence-corrected chi connectivity index (χ3v) is 3.04. The predicted molar refractivity (Wildman–Crippen MR) is 80.8 cm³/mol. The molecule has 0 fully saturated rings. The molecule has 0 radical (unpaired) electrons. The normalized spacial score (nSPS) is 13.1. The highest BCUT2D eigenvalue weighted by Crippen LogP contribution is 2.26. The van der Waals surface area contributed by atoms with Crippen LogP contribution in [0.1, 0.15) is 46.1 Å². The summed E-state index contributed by atoms with van der Waals surface area (Å²) in [5, 5.41) is 2.62. The maximum Gasteiger partial charge on any atom is 0.224 e. The Morgan fingerprint density at radius 2 is 2.05 bits per heavy atom. The lowest BCUT2D eigenvalue weighted by atomic mass is 9.84. The van der Waals surface area contributed by atoms with Crippen molar-refractivity contribution in [1.29, 1.82) is 0 Å². The van der Waals surface area contributed by atoms with Gasteiger partial charge in [-0.15, -0.1) is 0 Å². The summed E-state index contributed by atoms with van der Waals surface area (Å²) in [6.45, 7) is 8.76. The van der Waals surface area contributed by atoms with Crippen molar-refractivity contribution in [3.8, 4) is 0 Å². The quantitative estimate of drug-likeness (QED) is 0.864. The highest BCUT2D eigenvalue weighted by molar-refractivity contribution is 5.90. The number of carbonyl (C=O) groups excluding carboxylic acids is 1. The van der Waals surface area contributed by atoms with Gasteiger partial charge in [0.25, 0.3) is 0 Å². The number of nitrogens with two attached hydrogens (primary N) is 1. The van der Waals surface area contributed by atoms with Crippen LogP contribution in [0.15, 0.2) is 18.2 Å². The van der Waals surface area contributed by atoms with Crippen molar-refractivity contribution >= 4 is 11.6 Å². The highest BCUT2D eigenvalue weighted by atomic mass is 19.1. The second-order valence-electron chi connectivity index (χ2n) is 6.64. The number of hydrogen-bond donors (Lipinski definition) is 2. The van der Waals surface area contributed by atoms with E-state index in [1.54, 1.807) is 12.1 Å². The van der Waals surface area contributed by atoms with Gasteiger partial charge in [0, 0.05) is 13.0 Å². The lowest BCUT2D eigenvalue weighted by Gasteiger charge is -2.22. The van der Waals surface area contributed by atoms with E-state index in [1.807, 2.05) is 6.92 Å². The fourth-order valence-corrected chi connectivity index (χ4v) is 2.42. The van der Waals surface area contributed by atoms with Crippen LogP contribution >= 0.6 is 0 Å². The smallest absolute Gasteiger partial charge is 0.224 e. The lowest BCUT2D eigenvalue weighted by molar-refractivity contribution is -0.117. The van der Waals surface area contributed by atoms with Gasteiger partial charge in [0.1, 0.15) is 5.82 Å². The standard InChI is InChI=1S/C16H25FN2O/c1-11(9-16(2,3)4)7-15(20)19-14-6-5-12(10-18)8-13(14)17/h5-6,8,11H,7,9-10,18H2,1-4H3,(H,19,20). The molecule has 1 aromatic carbocycles. The van der Waals surface area contributed by atoms with E-state index < -0.39 is 5.82 Å². The van der Waals surface area contributed by atoms with E-state index in [1.165, 1.54) is 6.07 Å². The van der Waals surface area contributed by atoms with Gasteiger partial charge in [0.05, 0.1) is 5.69 Å². The number of anilines is 1. The van der Waals surface area contributed by atoms with Gasteiger partial charge in [-0.3, -0.25) is 4.79 Å². The van der Waals surface area contributed by atoms with Crippen LogP contribution in [0.2, 0.25) is 0 Å². The number of hydrogen-bond acceptors (Lipinski definition) is 2. The molecule has 0 aliphatic rings. The molecule has 0 aromatic heterocycles. The summed E-state index contributed by atoms with van der Waals surface area (Å²) in [5.74, 6) is -0.327. The van der Waals surface area contributed by atoms with Crippen LogP contribution in [0.3, 0.4) is 0 Å². The molecule has 1 atom stereocenters. The van der Waals surface area contributed by atoms with Crippen LogP contribution in [0.4, 0.5) is 10.1 Å². The maximum absolute atomic E-state index is 13.7. The molecule has 0 aliphatic carbocycles. The third-order valence-electron chi connectivity index (χ3n) is 3.04. The molecule has 112 valence electrons. The van der Waals surface area contributed by atoms with Gasteiger partial charge in [-0.1, -0.05) is 33.8 Å². The van der Waals surface area contributed by atoms with Crippen molar-refractivity contribution in [3.05, 3.63) is 29.6 Å². The summed E-state index contributed by atoms with van der Waals surface area (Å²) < 4.78 is 13.7. The molecule has 4 heteroatoms. The topological polar surface area (TPSA) is 55.1 Å². The highest BCUT2D eigenvalue weighted by Gasteiger charge is 2.18. The van der Waals surface area contributed by atoms with Gasteiger partial charge in [-0.25, -0.2) is 4.39 Å². The van der Waals surface area contributed by atoms with Crippen LogP contribution in [-0.2, 0) is 11.3 Å². The molecule has 0 spiro atoms. The average molecular weight is 280 g/mol. The minimum atomic E-state index is -0.440. The average Bonchev–Trinajstić information content (AvgIpc) is 2.28. The molecule has 3 N–H and O–H groups in total. The van der Waals surface area contributed by atoms with Gasteiger partial charge in [0.2, 0.25) is 5.91 Å². The molecule has 1 unspecified atom stereocenters. The molecule has 3 nitrogen and oxygen atoms in total. The number of nitrogens with one attached hydrogen (secondary N) is 1. The maximum atomic E-state index is 13.7. The van der Waals surface area contributed by atoms with Gasteiger partial charge >= 0.3 is 0 Å². The first-order valence-electron chi connectivity index (χ1n) is 6.99. The summed E-state index contributed by atoms with van der Waals surface area (Å²) in [6, 6.07) is 4.63. The molecule has 0 saturated heterocycles. The fraction of sp³-hybridized carbons (Fsp3) is 0.562. The Morgan fingerprint density at radius 1 is 1.40 bits per heavy atom. The Balaban J connectivity index is 2.58. The van der Waals surface area contributed by atoms with E-state index in [2.05, 4.69) is 26.1 Å². The van der Waals surface area contributed by atoms with Gasteiger partial charge in [0.15, 0.2) is 0 Å². The number of rotatable bonds is 5. The van der Waals surface area contributed by atoms with E-state index in [0.29, 0.717) is 12.0 Å². The molecular weight excluding hydrogens is 255 g/mol. The summed E-state index contributed by atoms with van der Waals surface area (Å²) in [7, 11) is 0. The summed E-state index contributed by atoms with van der Waals surface area (Å²) >= 11 is 0. The number of benzene rings is 1. The zero-order valence-electron chi connectivity index (χ0n) is 12.8. The van der Waals surface area contributed by atoms with Gasteiger partial charge in [-0.2, -0.15) is 0 Å². The number of amides is 1. The third kappa shape index (κ3) is 5.70. The molecule has 1 amide bonds. The van der Waals surface area contributed by atoms with Crippen molar-refractivity contribution in [2.24, 2.45) is 17.1 Å². The zero-order valence-corrected chi connectivity index (χ0v) is 12.8. The second-order valence-corrected chi connectivity index (χ2v) is 6.64. The predicted octanol–water partition coefficient (Wildman–Crippen LogP) is 3.69. The molecule has 1 rings (SSSR count). The molecule has 0 heterocycles. The largest absolute Gasteiger partial charge is 0.326 e. The molecule has 1 aromatic rings. The molecule has 0 aliphatic heterocycles. The minimum absolute atomic E-state index is 0.152. The van der Waals surface area contributed by atoms with Crippen LogP contribution < -0.4 is 11.1 Å². The van der Waals surface area contributed by atoms with Crippen LogP contribution in [-0.4, -0.2) is 5.91 Å². The van der Waals surface area contributed by atoms with Crippen LogP contribution in [0.25, 0.3) is 0 Å². The summed E-state index contributed by atoms with van der Waals surface area (Å²) in [6.07, 6.45) is 1.35. The first kappa shape index (κ1) is 16.6. The van der Waals surface area contributed by atoms with E-state index in [0.717, 1.165) is 6.42 Å².